The van der Waals surface area contributed by atoms with Crippen LogP contribution in [0.2, 0.25) is 0 Å². The Labute approximate surface area is 155 Å². The van der Waals surface area contributed by atoms with Gasteiger partial charge in [0.25, 0.3) is 0 Å². The van der Waals surface area contributed by atoms with Gasteiger partial charge in [0.1, 0.15) is 0 Å². The van der Waals surface area contributed by atoms with Gasteiger partial charge in [-0.3, -0.25) is 9.78 Å². The van der Waals surface area contributed by atoms with Crippen LogP contribution < -0.4 is 0 Å². The SMILES string of the molecule is O=C(OOOOC(=O)c1ccccc1Cc1ccccc1)c1ccccc1. The fraction of sp³-hybridized carbons (Fsp3) is 0.0476. The second-order valence-electron chi connectivity index (χ2n) is 5.56. The zero-order valence-electron chi connectivity index (χ0n) is 14.2. The lowest BCUT2D eigenvalue weighted by atomic mass is 10.00. The Morgan fingerprint density at radius 1 is 0.630 bits per heavy atom. The maximum atomic E-state index is 12.2. The highest BCUT2D eigenvalue weighted by Gasteiger charge is 2.15. The summed E-state index contributed by atoms with van der Waals surface area (Å²) in [5.74, 6) is -1.55. The van der Waals surface area contributed by atoms with Gasteiger partial charge in [0, 0.05) is 10.1 Å². The van der Waals surface area contributed by atoms with Crippen LogP contribution in [0, 0.1) is 0 Å². The lowest BCUT2D eigenvalue weighted by Crippen LogP contribution is -2.12. The number of hydrogen-bond acceptors (Lipinski definition) is 6. The smallest absolute Gasteiger partial charge is 0.260 e. The van der Waals surface area contributed by atoms with Crippen molar-refractivity contribution < 1.29 is 29.4 Å². The molecule has 0 radical (unpaired) electrons. The molecule has 6 heteroatoms. The number of carbonyl (C=O) groups is 2. The third-order valence-corrected chi connectivity index (χ3v) is 3.73. The van der Waals surface area contributed by atoms with Crippen molar-refractivity contribution in [2.75, 3.05) is 0 Å². The number of carbonyl (C=O) groups excluding carboxylic acids is 2. The normalized spacial score (nSPS) is 10.2. The van der Waals surface area contributed by atoms with Crippen LogP contribution >= 0.6 is 0 Å². The summed E-state index contributed by atoms with van der Waals surface area (Å²) in [5.41, 5.74) is 2.39. The average Bonchev–Trinajstić information content (AvgIpc) is 2.72. The lowest BCUT2D eigenvalue weighted by Gasteiger charge is -2.08. The molecular formula is C21H16O6. The summed E-state index contributed by atoms with van der Waals surface area (Å²) in [6, 6.07) is 24.8. The van der Waals surface area contributed by atoms with Gasteiger partial charge >= 0.3 is 11.9 Å². The van der Waals surface area contributed by atoms with Gasteiger partial charge in [-0.2, -0.15) is 0 Å². The van der Waals surface area contributed by atoms with Gasteiger partial charge in [-0.05, 0) is 35.7 Å². The van der Waals surface area contributed by atoms with Crippen molar-refractivity contribution in [3.8, 4) is 0 Å². The van der Waals surface area contributed by atoms with Crippen LogP contribution in [0.25, 0.3) is 0 Å². The molecule has 0 spiro atoms. The monoisotopic (exact) mass is 364 g/mol. The first-order valence-corrected chi connectivity index (χ1v) is 8.17. The molecule has 0 atom stereocenters. The molecule has 3 rings (SSSR count). The first-order valence-electron chi connectivity index (χ1n) is 8.17. The van der Waals surface area contributed by atoms with Crippen LogP contribution in [-0.2, 0) is 26.3 Å². The van der Waals surface area contributed by atoms with Crippen molar-refractivity contribution in [1.82, 2.24) is 0 Å². The topological polar surface area (TPSA) is 71.1 Å². The summed E-state index contributed by atoms with van der Waals surface area (Å²) in [7, 11) is 0. The largest absolute Gasteiger partial charge is 0.376 e. The first-order chi connectivity index (χ1) is 13.2. The van der Waals surface area contributed by atoms with Gasteiger partial charge in [-0.15, -0.1) is 0 Å². The van der Waals surface area contributed by atoms with E-state index in [1.807, 2.05) is 42.5 Å². The highest BCUT2D eigenvalue weighted by molar-refractivity contribution is 5.90. The molecule has 0 aliphatic carbocycles. The quantitative estimate of drug-likeness (QED) is 0.358. The third-order valence-electron chi connectivity index (χ3n) is 3.73. The molecule has 0 aliphatic heterocycles. The molecule has 3 aromatic carbocycles. The molecule has 0 heterocycles. The van der Waals surface area contributed by atoms with E-state index in [0.29, 0.717) is 12.0 Å². The Morgan fingerprint density at radius 3 is 1.89 bits per heavy atom. The van der Waals surface area contributed by atoms with Crippen molar-refractivity contribution in [1.29, 1.82) is 0 Å². The van der Waals surface area contributed by atoms with Gasteiger partial charge in [0.2, 0.25) is 0 Å². The highest BCUT2D eigenvalue weighted by atomic mass is 17.7. The minimum Gasteiger partial charge on any atom is -0.260 e. The molecule has 0 fully saturated rings. The minimum atomic E-state index is -0.781. The van der Waals surface area contributed by atoms with Gasteiger partial charge in [0.05, 0.1) is 11.1 Å². The average molecular weight is 364 g/mol. The second kappa shape index (κ2) is 9.28. The van der Waals surface area contributed by atoms with E-state index in [-0.39, 0.29) is 5.56 Å². The van der Waals surface area contributed by atoms with E-state index >= 15 is 0 Å². The van der Waals surface area contributed by atoms with E-state index in [4.69, 9.17) is 0 Å². The lowest BCUT2D eigenvalue weighted by molar-refractivity contribution is -0.595. The summed E-state index contributed by atoms with van der Waals surface area (Å²) < 4.78 is 0. The van der Waals surface area contributed by atoms with Crippen molar-refractivity contribution in [2.24, 2.45) is 0 Å². The van der Waals surface area contributed by atoms with Crippen LogP contribution in [0.4, 0.5) is 0 Å². The molecule has 0 aliphatic rings. The zero-order valence-corrected chi connectivity index (χ0v) is 14.2. The molecule has 136 valence electrons. The second-order valence-corrected chi connectivity index (χ2v) is 5.56. The zero-order chi connectivity index (χ0) is 18.9. The van der Waals surface area contributed by atoms with E-state index in [2.05, 4.69) is 19.9 Å². The molecule has 0 amide bonds. The van der Waals surface area contributed by atoms with Crippen molar-refractivity contribution in [2.45, 2.75) is 6.42 Å². The van der Waals surface area contributed by atoms with Crippen LogP contribution in [0.1, 0.15) is 31.8 Å². The molecule has 0 unspecified atom stereocenters. The molecule has 0 aromatic heterocycles. The van der Waals surface area contributed by atoms with E-state index in [9.17, 15) is 9.59 Å². The molecule has 0 N–H and O–H groups in total. The Morgan fingerprint density at radius 2 is 1.19 bits per heavy atom. The molecule has 27 heavy (non-hydrogen) atoms. The summed E-state index contributed by atoms with van der Waals surface area (Å²) in [6.45, 7) is 0. The van der Waals surface area contributed by atoms with Gasteiger partial charge in [-0.1, -0.05) is 66.7 Å². The number of hydrogen-bond donors (Lipinski definition) is 0. The maximum absolute atomic E-state index is 12.2. The summed E-state index contributed by atoms with van der Waals surface area (Å²) in [6.07, 6.45) is 0.552. The maximum Gasteiger partial charge on any atom is 0.376 e. The Kier molecular flexibility index (Phi) is 6.30. The van der Waals surface area contributed by atoms with Gasteiger partial charge in [-0.25, -0.2) is 9.59 Å². The first kappa shape index (κ1) is 18.3. The van der Waals surface area contributed by atoms with Crippen LogP contribution in [0.5, 0.6) is 0 Å². The summed E-state index contributed by atoms with van der Waals surface area (Å²) in [4.78, 5) is 32.8. The predicted molar refractivity (Wildman–Crippen MR) is 95.1 cm³/mol. The molecule has 0 bridgehead atoms. The predicted octanol–water partition coefficient (Wildman–Crippen LogP) is 4.07. The number of benzene rings is 3. The minimum absolute atomic E-state index is 0.264. The molecule has 0 saturated heterocycles. The summed E-state index contributed by atoms with van der Waals surface area (Å²) in [5, 5.41) is 8.46. The highest BCUT2D eigenvalue weighted by Crippen LogP contribution is 2.15. The van der Waals surface area contributed by atoms with Gasteiger partial charge in [0.15, 0.2) is 0 Å². The van der Waals surface area contributed by atoms with Crippen LogP contribution in [-0.4, -0.2) is 11.9 Å². The fourth-order valence-electron chi connectivity index (χ4n) is 2.45. The third kappa shape index (κ3) is 5.24. The van der Waals surface area contributed by atoms with Crippen LogP contribution in [0.3, 0.4) is 0 Å². The summed E-state index contributed by atoms with van der Waals surface area (Å²) >= 11 is 0. The van der Waals surface area contributed by atoms with E-state index in [0.717, 1.165) is 11.1 Å². The van der Waals surface area contributed by atoms with E-state index in [1.165, 1.54) is 12.1 Å². The molecule has 0 saturated carbocycles. The van der Waals surface area contributed by atoms with Crippen LogP contribution in [0.15, 0.2) is 84.9 Å². The van der Waals surface area contributed by atoms with E-state index in [1.54, 1.807) is 30.3 Å². The van der Waals surface area contributed by atoms with Crippen molar-refractivity contribution >= 4 is 11.9 Å². The van der Waals surface area contributed by atoms with Crippen molar-refractivity contribution in [3.05, 3.63) is 107 Å². The fourth-order valence-corrected chi connectivity index (χ4v) is 2.45. The number of rotatable bonds is 7. The Bertz CT molecular complexity index is 893. The molecule has 6 nitrogen and oxygen atoms in total. The van der Waals surface area contributed by atoms with Crippen molar-refractivity contribution in [3.63, 3.8) is 0 Å². The van der Waals surface area contributed by atoms with Gasteiger partial charge < -0.3 is 0 Å². The Hall–Kier alpha value is -3.48. The molecular weight excluding hydrogens is 348 g/mol. The Balaban J connectivity index is 1.53. The molecule has 3 aromatic rings. The van der Waals surface area contributed by atoms with E-state index < -0.39 is 11.9 Å². The standard InChI is InChI=1S/C21H16O6/c22-20(17-11-5-2-6-12-17)24-26-27-25-21(23)19-14-8-7-13-18(19)15-16-9-3-1-4-10-16/h1-14H,15H2.